The van der Waals surface area contributed by atoms with Gasteiger partial charge < -0.3 is 15.5 Å². The Morgan fingerprint density at radius 2 is 1.81 bits per heavy atom. The minimum atomic E-state index is -0.211. The van der Waals surface area contributed by atoms with Crippen molar-refractivity contribution in [1.29, 1.82) is 0 Å². The summed E-state index contributed by atoms with van der Waals surface area (Å²) >= 11 is 5.24. The first-order chi connectivity index (χ1) is 10.2. The number of nitrogens with zero attached hydrogens (tertiary/aromatic N) is 1. The van der Waals surface area contributed by atoms with Crippen molar-refractivity contribution in [2.24, 2.45) is 0 Å². The van der Waals surface area contributed by atoms with Gasteiger partial charge in [0, 0.05) is 13.1 Å². The molecule has 0 unspecified atom stereocenters. The van der Waals surface area contributed by atoms with Crippen LogP contribution in [0.3, 0.4) is 0 Å². The predicted octanol–water partition coefficient (Wildman–Crippen LogP) is 2.67. The van der Waals surface area contributed by atoms with Crippen molar-refractivity contribution in [2.45, 2.75) is 32.2 Å². The predicted molar refractivity (Wildman–Crippen MR) is 88.7 cm³/mol. The Morgan fingerprint density at radius 3 is 2.52 bits per heavy atom. The summed E-state index contributed by atoms with van der Waals surface area (Å²) in [5, 5.41) is 7.03. The van der Waals surface area contributed by atoms with E-state index in [0.29, 0.717) is 11.7 Å². The van der Waals surface area contributed by atoms with Gasteiger partial charge in [0.2, 0.25) is 0 Å². The van der Waals surface area contributed by atoms with Gasteiger partial charge in [-0.2, -0.15) is 0 Å². The zero-order chi connectivity index (χ0) is 14.9. The lowest BCUT2D eigenvalue weighted by Gasteiger charge is -2.26. The summed E-state index contributed by atoms with van der Waals surface area (Å²) in [5.41, 5.74) is 1.02. The van der Waals surface area contributed by atoms with Crippen molar-refractivity contribution >= 4 is 17.3 Å². The van der Waals surface area contributed by atoms with Gasteiger partial charge in [-0.1, -0.05) is 18.6 Å². The molecule has 1 aliphatic heterocycles. The molecule has 2 rings (SSSR count). The molecular weight excluding hydrogens is 285 g/mol. The number of nitrogens with one attached hydrogen (secondary N) is 2. The molecule has 0 aliphatic carbocycles. The molecule has 1 aliphatic rings. The second kappa shape index (κ2) is 8.95. The molecule has 1 saturated heterocycles. The third-order valence-electron chi connectivity index (χ3n) is 3.75. The van der Waals surface area contributed by atoms with Gasteiger partial charge in [0.05, 0.1) is 0 Å². The van der Waals surface area contributed by atoms with Crippen molar-refractivity contribution in [3.63, 3.8) is 0 Å². The largest absolute Gasteiger partial charge is 0.363 e. The average molecular weight is 309 g/mol. The minimum Gasteiger partial charge on any atom is -0.363 e. The molecule has 0 aromatic heterocycles. The van der Waals surface area contributed by atoms with E-state index in [1.165, 1.54) is 44.5 Å². The highest BCUT2D eigenvalue weighted by Gasteiger charge is 2.08. The fraction of sp³-hybridized carbons (Fsp3) is 0.562. The van der Waals surface area contributed by atoms with E-state index in [-0.39, 0.29) is 5.82 Å². The molecule has 1 fully saturated rings. The van der Waals surface area contributed by atoms with Crippen LogP contribution in [0, 0.1) is 5.82 Å². The molecule has 0 atom stereocenters. The Morgan fingerprint density at radius 1 is 1.10 bits per heavy atom. The van der Waals surface area contributed by atoms with Gasteiger partial charge in [-0.15, -0.1) is 0 Å². The number of halogens is 1. The smallest absolute Gasteiger partial charge is 0.166 e. The number of thiocarbonyl (C=S) groups is 1. The van der Waals surface area contributed by atoms with E-state index < -0.39 is 0 Å². The van der Waals surface area contributed by atoms with Gasteiger partial charge in [-0.05, 0) is 68.8 Å². The van der Waals surface area contributed by atoms with Crippen LogP contribution in [-0.4, -0.2) is 36.2 Å². The van der Waals surface area contributed by atoms with E-state index in [1.54, 1.807) is 12.1 Å². The average Bonchev–Trinajstić information content (AvgIpc) is 2.52. The standard InChI is InChI=1S/C16H24FN3S/c17-15-7-5-14(6-8-15)13-19-16(21)18-9-4-12-20-10-2-1-3-11-20/h5-8H,1-4,9-13H2,(H2,18,19,21). The van der Waals surface area contributed by atoms with E-state index in [2.05, 4.69) is 15.5 Å². The van der Waals surface area contributed by atoms with Crippen LogP contribution in [0.4, 0.5) is 4.39 Å². The molecule has 1 aromatic rings. The molecule has 1 aromatic carbocycles. The van der Waals surface area contributed by atoms with Crippen molar-refractivity contribution < 1.29 is 4.39 Å². The Kier molecular flexibility index (Phi) is 6.89. The third-order valence-corrected chi connectivity index (χ3v) is 4.04. The molecule has 0 saturated carbocycles. The number of piperidine rings is 1. The third kappa shape index (κ3) is 6.40. The highest BCUT2D eigenvalue weighted by molar-refractivity contribution is 7.80. The first kappa shape index (κ1) is 16.2. The summed E-state index contributed by atoms with van der Waals surface area (Å²) in [6.45, 7) is 5.15. The van der Waals surface area contributed by atoms with E-state index >= 15 is 0 Å². The Labute approximate surface area is 131 Å². The molecule has 2 N–H and O–H groups in total. The molecule has 0 radical (unpaired) electrons. The van der Waals surface area contributed by atoms with Crippen LogP contribution >= 0.6 is 12.2 Å². The maximum atomic E-state index is 12.8. The lowest BCUT2D eigenvalue weighted by molar-refractivity contribution is 0.227. The lowest BCUT2D eigenvalue weighted by Crippen LogP contribution is -2.37. The van der Waals surface area contributed by atoms with Crippen LogP contribution in [0.1, 0.15) is 31.2 Å². The number of hydrogen-bond donors (Lipinski definition) is 2. The van der Waals surface area contributed by atoms with Crippen LogP contribution in [0.2, 0.25) is 0 Å². The van der Waals surface area contributed by atoms with Crippen molar-refractivity contribution in [3.8, 4) is 0 Å². The van der Waals surface area contributed by atoms with Gasteiger partial charge in [0.1, 0.15) is 5.82 Å². The van der Waals surface area contributed by atoms with Crippen LogP contribution in [0.25, 0.3) is 0 Å². The van der Waals surface area contributed by atoms with Gasteiger partial charge >= 0.3 is 0 Å². The summed E-state index contributed by atoms with van der Waals surface area (Å²) in [6, 6.07) is 6.46. The van der Waals surface area contributed by atoms with Crippen molar-refractivity contribution in [3.05, 3.63) is 35.6 Å². The molecule has 0 spiro atoms. The topological polar surface area (TPSA) is 27.3 Å². The second-order valence-corrected chi connectivity index (χ2v) is 5.90. The normalized spacial score (nSPS) is 15.7. The minimum absolute atomic E-state index is 0.211. The molecule has 21 heavy (non-hydrogen) atoms. The fourth-order valence-electron chi connectivity index (χ4n) is 2.53. The summed E-state index contributed by atoms with van der Waals surface area (Å²) in [4.78, 5) is 2.53. The summed E-state index contributed by atoms with van der Waals surface area (Å²) in [7, 11) is 0. The maximum Gasteiger partial charge on any atom is 0.166 e. The molecule has 3 nitrogen and oxygen atoms in total. The highest BCUT2D eigenvalue weighted by atomic mass is 32.1. The van der Waals surface area contributed by atoms with E-state index in [1.807, 2.05) is 0 Å². The zero-order valence-corrected chi connectivity index (χ0v) is 13.2. The van der Waals surface area contributed by atoms with Crippen LogP contribution in [0.15, 0.2) is 24.3 Å². The fourth-order valence-corrected chi connectivity index (χ4v) is 2.71. The van der Waals surface area contributed by atoms with E-state index in [9.17, 15) is 4.39 Å². The van der Waals surface area contributed by atoms with Crippen molar-refractivity contribution in [1.82, 2.24) is 15.5 Å². The first-order valence-corrected chi connectivity index (χ1v) is 8.13. The summed E-state index contributed by atoms with van der Waals surface area (Å²) in [6.07, 6.45) is 5.17. The quantitative estimate of drug-likeness (QED) is 0.624. The Balaban J connectivity index is 1.54. The SMILES string of the molecule is Fc1ccc(CNC(=S)NCCCN2CCCCC2)cc1. The van der Waals surface area contributed by atoms with Gasteiger partial charge in [0.15, 0.2) is 5.11 Å². The van der Waals surface area contributed by atoms with E-state index in [4.69, 9.17) is 12.2 Å². The van der Waals surface area contributed by atoms with Crippen LogP contribution in [0.5, 0.6) is 0 Å². The Bertz CT molecular complexity index is 430. The number of hydrogen-bond acceptors (Lipinski definition) is 2. The summed E-state index contributed by atoms with van der Waals surface area (Å²) < 4.78 is 12.8. The Hall–Kier alpha value is -1.20. The van der Waals surface area contributed by atoms with Gasteiger partial charge in [-0.25, -0.2) is 4.39 Å². The number of rotatable bonds is 6. The van der Waals surface area contributed by atoms with Gasteiger partial charge in [-0.3, -0.25) is 0 Å². The molecule has 0 amide bonds. The monoisotopic (exact) mass is 309 g/mol. The zero-order valence-electron chi connectivity index (χ0n) is 12.4. The molecule has 5 heteroatoms. The first-order valence-electron chi connectivity index (χ1n) is 7.72. The molecule has 1 heterocycles. The van der Waals surface area contributed by atoms with Crippen LogP contribution < -0.4 is 10.6 Å². The molecule has 116 valence electrons. The van der Waals surface area contributed by atoms with Gasteiger partial charge in [0.25, 0.3) is 0 Å². The highest BCUT2D eigenvalue weighted by Crippen LogP contribution is 2.08. The second-order valence-electron chi connectivity index (χ2n) is 5.49. The number of benzene rings is 1. The molecular formula is C16H24FN3S. The molecule has 0 bridgehead atoms. The summed E-state index contributed by atoms with van der Waals surface area (Å²) in [5.74, 6) is -0.211. The van der Waals surface area contributed by atoms with Crippen LogP contribution in [-0.2, 0) is 6.54 Å². The maximum absolute atomic E-state index is 12.8. The number of likely N-dealkylation sites (tertiary alicyclic amines) is 1. The lowest BCUT2D eigenvalue weighted by atomic mass is 10.1. The van der Waals surface area contributed by atoms with Crippen molar-refractivity contribution in [2.75, 3.05) is 26.2 Å². The van der Waals surface area contributed by atoms with E-state index in [0.717, 1.165) is 25.1 Å².